The molecule has 92 valence electrons. The SMILES string of the molecule is C/C(=C/c1ccccc1F)CC1COCCN1. The van der Waals surface area contributed by atoms with Crippen LogP contribution in [-0.4, -0.2) is 25.8 Å². The second kappa shape index (κ2) is 5.94. The van der Waals surface area contributed by atoms with Gasteiger partial charge in [0.2, 0.25) is 0 Å². The molecule has 0 aliphatic carbocycles. The Morgan fingerprint density at radius 2 is 2.35 bits per heavy atom. The summed E-state index contributed by atoms with van der Waals surface area (Å²) in [5.41, 5.74) is 1.82. The summed E-state index contributed by atoms with van der Waals surface area (Å²) in [7, 11) is 0. The summed E-state index contributed by atoms with van der Waals surface area (Å²) < 4.78 is 18.8. The number of benzene rings is 1. The summed E-state index contributed by atoms with van der Waals surface area (Å²) in [4.78, 5) is 0. The summed E-state index contributed by atoms with van der Waals surface area (Å²) in [5, 5.41) is 3.39. The molecule has 2 nitrogen and oxygen atoms in total. The van der Waals surface area contributed by atoms with Gasteiger partial charge in [-0.05, 0) is 19.4 Å². The van der Waals surface area contributed by atoms with E-state index in [1.807, 2.05) is 19.1 Å². The van der Waals surface area contributed by atoms with Gasteiger partial charge in [0.15, 0.2) is 0 Å². The summed E-state index contributed by atoms with van der Waals surface area (Å²) in [6.07, 6.45) is 2.81. The first-order chi connectivity index (χ1) is 8.25. The molecule has 0 amide bonds. The first-order valence-electron chi connectivity index (χ1n) is 5.98. The number of rotatable bonds is 3. The van der Waals surface area contributed by atoms with Crippen molar-refractivity contribution in [3.8, 4) is 0 Å². The van der Waals surface area contributed by atoms with Gasteiger partial charge in [-0.2, -0.15) is 0 Å². The van der Waals surface area contributed by atoms with Crippen molar-refractivity contribution < 1.29 is 9.13 Å². The number of hydrogen-bond acceptors (Lipinski definition) is 2. The molecule has 1 aromatic carbocycles. The highest BCUT2D eigenvalue weighted by molar-refractivity contribution is 5.52. The smallest absolute Gasteiger partial charge is 0.130 e. The Bertz CT molecular complexity index is 397. The zero-order chi connectivity index (χ0) is 12.1. The molecule has 1 N–H and O–H groups in total. The van der Waals surface area contributed by atoms with Crippen molar-refractivity contribution in [2.75, 3.05) is 19.8 Å². The summed E-state index contributed by atoms with van der Waals surface area (Å²) in [6.45, 7) is 4.45. The molecule has 1 saturated heterocycles. The van der Waals surface area contributed by atoms with Gasteiger partial charge in [-0.25, -0.2) is 4.39 Å². The maximum atomic E-state index is 13.4. The molecule has 17 heavy (non-hydrogen) atoms. The van der Waals surface area contributed by atoms with Crippen LogP contribution in [0.25, 0.3) is 6.08 Å². The molecule has 0 saturated carbocycles. The van der Waals surface area contributed by atoms with Crippen LogP contribution < -0.4 is 5.32 Å². The Kier molecular flexibility index (Phi) is 4.29. The number of hydrogen-bond donors (Lipinski definition) is 1. The fraction of sp³-hybridized carbons (Fsp3) is 0.429. The van der Waals surface area contributed by atoms with E-state index in [0.29, 0.717) is 11.6 Å². The Hall–Kier alpha value is -1.19. The largest absolute Gasteiger partial charge is 0.379 e. The lowest BCUT2D eigenvalue weighted by atomic mass is 10.0. The first kappa shape index (κ1) is 12.3. The zero-order valence-electron chi connectivity index (χ0n) is 10.1. The van der Waals surface area contributed by atoms with Crippen molar-refractivity contribution in [1.82, 2.24) is 5.32 Å². The van der Waals surface area contributed by atoms with E-state index in [4.69, 9.17) is 4.74 Å². The highest BCUT2D eigenvalue weighted by Crippen LogP contribution is 2.15. The van der Waals surface area contributed by atoms with E-state index < -0.39 is 0 Å². The van der Waals surface area contributed by atoms with Gasteiger partial charge < -0.3 is 10.1 Å². The average Bonchev–Trinajstić information content (AvgIpc) is 2.33. The molecule has 1 fully saturated rings. The number of halogens is 1. The lowest BCUT2D eigenvalue weighted by molar-refractivity contribution is 0.0771. The summed E-state index contributed by atoms with van der Waals surface area (Å²) in [6, 6.07) is 7.19. The molecule has 2 rings (SSSR count). The highest BCUT2D eigenvalue weighted by Gasteiger charge is 2.13. The standard InChI is InChI=1S/C14H18FNO/c1-11(9-13-10-17-7-6-16-13)8-12-4-2-3-5-14(12)15/h2-5,8,13,16H,6-7,9-10H2,1H3/b11-8-. The molecule has 1 atom stereocenters. The highest BCUT2D eigenvalue weighted by atomic mass is 19.1. The molecular formula is C14H18FNO. The molecule has 3 heteroatoms. The van der Waals surface area contributed by atoms with E-state index in [1.165, 1.54) is 6.07 Å². The second-order valence-corrected chi connectivity index (χ2v) is 4.44. The monoisotopic (exact) mass is 235 g/mol. The third kappa shape index (κ3) is 3.65. The lowest BCUT2D eigenvalue weighted by Crippen LogP contribution is -2.41. The van der Waals surface area contributed by atoms with Crippen LogP contribution in [0.2, 0.25) is 0 Å². The molecule has 1 aliphatic rings. The van der Waals surface area contributed by atoms with Gasteiger partial charge in [-0.3, -0.25) is 0 Å². The van der Waals surface area contributed by atoms with E-state index in [0.717, 1.165) is 31.8 Å². The van der Waals surface area contributed by atoms with Crippen LogP contribution in [0.3, 0.4) is 0 Å². The van der Waals surface area contributed by atoms with Crippen LogP contribution in [0.15, 0.2) is 29.8 Å². The van der Waals surface area contributed by atoms with E-state index in [2.05, 4.69) is 5.32 Å². The van der Waals surface area contributed by atoms with Crippen molar-refractivity contribution in [2.45, 2.75) is 19.4 Å². The second-order valence-electron chi connectivity index (χ2n) is 4.44. The van der Waals surface area contributed by atoms with Crippen molar-refractivity contribution in [3.05, 3.63) is 41.2 Å². The Labute approximate surface area is 101 Å². The topological polar surface area (TPSA) is 21.3 Å². The summed E-state index contributed by atoms with van der Waals surface area (Å²) >= 11 is 0. The Balaban J connectivity index is 1.99. The van der Waals surface area contributed by atoms with Crippen molar-refractivity contribution >= 4 is 6.08 Å². The lowest BCUT2D eigenvalue weighted by Gasteiger charge is -2.24. The Morgan fingerprint density at radius 3 is 3.06 bits per heavy atom. The molecule has 1 unspecified atom stereocenters. The van der Waals surface area contributed by atoms with E-state index in [9.17, 15) is 4.39 Å². The first-order valence-corrected chi connectivity index (χ1v) is 5.98. The quantitative estimate of drug-likeness (QED) is 0.869. The maximum Gasteiger partial charge on any atom is 0.130 e. The molecule has 0 radical (unpaired) electrons. The maximum absolute atomic E-state index is 13.4. The van der Waals surface area contributed by atoms with Gasteiger partial charge in [0, 0.05) is 18.2 Å². The van der Waals surface area contributed by atoms with Crippen LogP contribution in [-0.2, 0) is 4.74 Å². The fourth-order valence-electron chi connectivity index (χ4n) is 2.06. The van der Waals surface area contributed by atoms with Crippen molar-refractivity contribution in [2.24, 2.45) is 0 Å². The van der Waals surface area contributed by atoms with Crippen molar-refractivity contribution in [3.63, 3.8) is 0 Å². The fourth-order valence-corrected chi connectivity index (χ4v) is 2.06. The van der Waals surface area contributed by atoms with E-state index in [-0.39, 0.29) is 5.82 Å². The Morgan fingerprint density at radius 1 is 1.53 bits per heavy atom. The molecule has 0 bridgehead atoms. The third-order valence-electron chi connectivity index (χ3n) is 2.87. The molecule has 1 heterocycles. The van der Waals surface area contributed by atoms with E-state index in [1.54, 1.807) is 12.1 Å². The van der Waals surface area contributed by atoms with Gasteiger partial charge in [0.1, 0.15) is 5.82 Å². The minimum Gasteiger partial charge on any atom is -0.379 e. The number of morpholine rings is 1. The van der Waals surface area contributed by atoms with Crippen LogP contribution in [0.1, 0.15) is 18.9 Å². The minimum atomic E-state index is -0.167. The van der Waals surface area contributed by atoms with Crippen LogP contribution >= 0.6 is 0 Å². The van der Waals surface area contributed by atoms with Crippen molar-refractivity contribution in [1.29, 1.82) is 0 Å². The van der Waals surface area contributed by atoms with Gasteiger partial charge >= 0.3 is 0 Å². The number of nitrogens with one attached hydrogen (secondary N) is 1. The minimum absolute atomic E-state index is 0.167. The predicted molar refractivity (Wildman–Crippen MR) is 67.3 cm³/mol. The molecular weight excluding hydrogens is 217 g/mol. The zero-order valence-corrected chi connectivity index (χ0v) is 10.1. The predicted octanol–water partition coefficient (Wildman–Crippen LogP) is 2.61. The van der Waals surface area contributed by atoms with Crippen LogP contribution in [0.5, 0.6) is 0 Å². The van der Waals surface area contributed by atoms with Gasteiger partial charge in [0.05, 0.1) is 13.2 Å². The van der Waals surface area contributed by atoms with Gasteiger partial charge in [0.25, 0.3) is 0 Å². The average molecular weight is 235 g/mol. The third-order valence-corrected chi connectivity index (χ3v) is 2.87. The van der Waals surface area contributed by atoms with Crippen LogP contribution in [0, 0.1) is 5.82 Å². The van der Waals surface area contributed by atoms with Crippen LogP contribution in [0.4, 0.5) is 4.39 Å². The summed E-state index contributed by atoms with van der Waals surface area (Å²) in [5.74, 6) is -0.167. The normalized spacial score (nSPS) is 21.5. The molecule has 1 aromatic rings. The molecule has 0 aromatic heterocycles. The van der Waals surface area contributed by atoms with Gasteiger partial charge in [-0.15, -0.1) is 0 Å². The van der Waals surface area contributed by atoms with E-state index >= 15 is 0 Å². The molecule has 1 aliphatic heterocycles. The van der Waals surface area contributed by atoms with Gasteiger partial charge in [-0.1, -0.05) is 29.8 Å². The molecule has 0 spiro atoms. The number of ether oxygens (including phenoxy) is 1.